The minimum atomic E-state index is -0.101. The molecule has 0 saturated carbocycles. The Morgan fingerprint density at radius 1 is 0.409 bits per heavy atom. The molecule has 570 valence electrons. The molecule has 4 aromatic carbocycles. The molecule has 0 spiro atoms. The highest BCUT2D eigenvalue weighted by atomic mass is 16.7. The summed E-state index contributed by atoms with van der Waals surface area (Å²) in [4.78, 5) is 83.8. The lowest BCUT2D eigenvalue weighted by molar-refractivity contribution is 0.174. The predicted octanol–water partition coefficient (Wildman–Crippen LogP) is 9.48. The first-order chi connectivity index (χ1) is 53.5. The van der Waals surface area contributed by atoms with Crippen LogP contribution in [0, 0.1) is 0 Å². The van der Waals surface area contributed by atoms with Crippen molar-refractivity contribution in [1.29, 1.82) is 0 Å². The number of ether oxygens (including phenoxy) is 6. The van der Waals surface area contributed by atoms with Crippen LogP contribution in [0.3, 0.4) is 0 Å². The number of hydrogen-bond acceptors (Lipinski definition) is 22. The molecular formula is C84H94N16O10. The summed E-state index contributed by atoms with van der Waals surface area (Å²) in [6.45, 7) is 22.6. The van der Waals surface area contributed by atoms with Crippen LogP contribution in [0.5, 0.6) is 34.5 Å². The number of benzene rings is 4. The van der Waals surface area contributed by atoms with Gasteiger partial charge in [-0.2, -0.15) is 0 Å². The molecule has 26 heteroatoms. The fourth-order valence-electron chi connectivity index (χ4n) is 14.4. The molecule has 0 radical (unpaired) electrons. The average Bonchev–Trinajstić information content (AvgIpc) is 1.67. The lowest BCUT2D eigenvalue weighted by Crippen LogP contribution is -2.57. The smallest absolute Gasteiger partial charge is 0.258 e. The van der Waals surface area contributed by atoms with Crippen LogP contribution in [0.2, 0.25) is 0 Å². The van der Waals surface area contributed by atoms with E-state index in [9.17, 15) is 19.2 Å². The number of hydrogen-bond donors (Lipinski definition) is 2. The van der Waals surface area contributed by atoms with Crippen LogP contribution >= 0.6 is 0 Å². The largest absolute Gasteiger partial charge is 0.497 e. The van der Waals surface area contributed by atoms with E-state index in [0.29, 0.717) is 68.4 Å². The zero-order chi connectivity index (χ0) is 76.4. The number of methoxy groups -OCH3 is 4. The van der Waals surface area contributed by atoms with Gasteiger partial charge in [-0.25, -0.2) is 19.9 Å². The van der Waals surface area contributed by atoms with Crippen LogP contribution < -0.4 is 80.9 Å². The Morgan fingerprint density at radius 2 is 0.827 bits per heavy atom. The zero-order valence-corrected chi connectivity index (χ0v) is 63.6. The molecule has 0 bridgehead atoms. The molecule has 8 aromatic heterocycles. The molecule has 110 heavy (non-hydrogen) atoms. The number of likely N-dealkylation sites (N-methyl/N-ethyl adjacent to an activating group) is 1. The van der Waals surface area contributed by atoms with Crippen molar-refractivity contribution >= 4 is 45.3 Å². The number of fused-ring (bicyclic) bond motifs is 5. The topological polar surface area (TPSA) is 236 Å². The molecule has 0 amide bonds. The quantitative estimate of drug-likeness (QED) is 0.103. The van der Waals surface area contributed by atoms with Gasteiger partial charge in [0.15, 0.2) is 23.0 Å². The molecule has 0 aliphatic carbocycles. The van der Waals surface area contributed by atoms with Crippen LogP contribution in [0.1, 0.15) is 33.6 Å². The SMILES string of the molecule is CCCN1CCN(c2ccc3nc(-c4ccc(OC)c(OC)c4)cc(=O)n3c2)CC1.COc1ccc(-c2cc(=O)n3cc(N4CCCN(C)CC4)ccc3n2)cc1.COc1ccc(-c2cc(=O)n3cc(N4CCNC(C)(C)C4)ccc3n2)cc1.O=c1cc(-c2ccc3c(c2)OCO3)nc2ccc(N3CCNCC3)cn12. The number of rotatable bonds is 14. The highest BCUT2D eigenvalue weighted by molar-refractivity contribution is 5.70. The zero-order valence-electron chi connectivity index (χ0n) is 63.6. The van der Waals surface area contributed by atoms with E-state index in [-0.39, 0.29) is 34.6 Å². The third-order valence-corrected chi connectivity index (χ3v) is 20.5. The molecule has 0 unspecified atom stereocenters. The van der Waals surface area contributed by atoms with E-state index in [2.05, 4.69) is 94.9 Å². The second-order valence-electron chi connectivity index (χ2n) is 28.4. The summed E-state index contributed by atoms with van der Waals surface area (Å²) in [5, 5.41) is 6.84. The van der Waals surface area contributed by atoms with E-state index < -0.39 is 0 Å². The van der Waals surface area contributed by atoms with Crippen LogP contribution in [0.4, 0.5) is 22.7 Å². The minimum absolute atomic E-state index is 0.0502. The fraction of sp³-hybridized carbons (Fsp3) is 0.333. The Labute approximate surface area is 637 Å². The monoisotopic (exact) mass is 1490 g/mol. The summed E-state index contributed by atoms with van der Waals surface area (Å²) >= 11 is 0. The van der Waals surface area contributed by atoms with Crippen molar-refractivity contribution in [1.82, 2.24) is 58.0 Å². The second kappa shape index (κ2) is 33.7. The third-order valence-electron chi connectivity index (χ3n) is 20.5. The van der Waals surface area contributed by atoms with Crippen LogP contribution in [0.25, 0.3) is 67.6 Å². The number of nitrogens with one attached hydrogen (secondary N) is 2. The Bertz CT molecular complexity index is 5500. The molecule has 4 fully saturated rings. The van der Waals surface area contributed by atoms with Crippen molar-refractivity contribution in [2.45, 2.75) is 39.2 Å². The fourth-order valence-corrected chi connectivity index (χ4v) is 14.4. The first-order valence-electron chi connectivity index (χ1n) is 37.4. The van der Waals surface area contributed by atoms with Crippen molar-refractivity contribution in [3.8, 4) is 79.5 Å². The number of nitrogens with zero attached hydrogens (tertiary/aromatic N) is 14. The van der Waals surface area contributed by atoms with E-state index in [1.165, 1.54) is 6.42 Å². The van der Waals surface area contributed by atoms with Crippen molar-refractivity contribution in [3.63, 3.8) is 0 Å². The number of pyridine rings is 4. The number of piperazine rings is 3. The maximum absolute atomic E-state index is 12.9. The Balaban J connectivity index is 0.000000122. The maximum Gasteiger partial charge on any atom is 0.258 e. The van der Waals surface area contributed by atoms with Crippen molar-refractivity contribution in [2.24, 2.45) is 0 Å². The van der Waals surface area contributed by atoms with Gasteiger partial charge in [-0.05, 0) is 180 Å². The average molecular weight is 1490 g/mol. The second-order valence-corrected chi connectivity index (χ2v) is 28.4. The highest BCUT2D eigenvalue weighted by Gasteiger charge is 2.27. The van der Waals surface area contributed by atoms with Gasteiger partial charge in [0.25, 0.3) is 22.2 Å². The van der Waals surface area contributed by atoms with E-state index in [4.69, 9.17) is 33.4 Å². The third kappa shape index (κ3) is 17.3. The maximum atomic E-state index is 12.9. The Hall–Kier alpha value is -11.8. The standard InChI is InChI=1S/C23H28N4O3.2C21H24N4O2.C19H18N4O3/c1-4-9-25-10-12-26(13-11-25)18-6-8-22-24-19(15-23(28)27(22)16-18)17-5-7-20(29-2)21(14-17)30-3;1-21(2)14-24(11-10-22-21)16-6-9-19-23-18(12-20(26)25(19)13-16)15-4-7-17(27-3)8-5-15;1-23-10-3-11-24(13-12-23)17-6-9-20-22-19(14-21(26)25(20)15-17)16-4-7-18(27-2)8-5-16;24-19-10-15(13-1-3-16-17(9-13)26-12-25-16)21-18-4-2-14(11-23(18)19)22-7-5-20-6-8-22/h5-8,14-16H,4,9-13H2,1-3H3;4-9,12-13,22H,10-11,14H2,1-3H3;4-9,14-15H,3,10-13H2,1-2H3;1-4,9-11,20H,5-8,12H2. The lowest BCUT2D eigenvalue weighted by atomic mass is 10.0. The summed E-state index contributed by atoms with van der Waals surface area (Å²) < 4.78 is 38.3. The Kier molecular flexibility index (Phi) is 23.0. The summed E-state index contributed by atoms with van der Waals surface area (Å²) in [5.74, 6) is 4.20. The normalized spacial score (nSPS) is 15.8. The van der Waals surface area contributed by atoms with E-state index in [1.54, 1.807) is 70.3 Å². The molecule has 12 aromatic rings. The van der Waals surface area contributed by atoms with Gasteiger partial charge >= 0.3 is 0 Å². The molecule has 13 heterocycles. The molecule has 2 N–H and O–H groups in total. The van der Waals surface area contributed by atoms with Crippen molar-refractivity contribution < 1.29 is 28.4 Å². The summed E-state index contributed by atoms with van der Waals surface area (Å²) in [7, 11) is 8.61. The first-order valence-corrected chi connectivity index (χ1v) is 37.4. The molecule has 26 nitrogen and oxygen atoms in total. The van der Waals surface area contributed by atoms with Gasteiger partial charge in [0.1, 0.15) is 34.1 Å². The van der Waals surface area contributed by atoms with Crippen LogP contribution in [0.15, 0.2) is 202 Å². The number of aromatic nitrogens is 8. The number of anilines is 4. The Morgan fingerprint density at radius 3 is 1.30 bits per heavy atom. The van der Waals surface area contributed by atoms with Gasteiger partial charge in [-0.1, -0.05) is 6.92 Å². The molecule has 5 aliphatic heterocycles. The van der Waals surface area contributed by atoms with E-state index in [0.717, 1.165) is 168 Å². The first kappa shape index (κ1) is 75.0. The van der Waals surface area contributed by atoms with Gasteiger partial charge in [0.05, 0.1) is 74.0 Å². The van der Waals surface area contributed by atoms with Gasteiger partial charge in [-0.3, -0.25) is 41.7 Å². The molecule has 5 aliphatic rings. The highest BCUT2D eigenvalue weighted by Crippen LogP contribution is 2.36. The molecule has 4 saturated heterocycles. The predicted molar refractivity (Wildman–Crippen MR) is 433 cm³/mol. The molecule has 17 rings (SSSR count). The lowest BCUT2D eigenvalue weighted by Gasteiger charge is -2.40. The van der Waals surface area contributed by atoms with Gasteiger partial charge in [-0.15, -0.1) is 0 Å². The molecular weight excluding hydrogens is 1390 g/mol. The van der Waals surface area contributed by atoms with Gasteiger partial charge in [0, 0.05) is 168 Å². The summed E-state index contributed by atoms with van der Waals surface area (Å²) in [5.41, 5.74) is 12.5. The van der Waals surface area contributed by atoms with Crippen LogP contribution in [-0.4, -0.2) is 200 Å². The van der Waals surface area contributed by atoms with Gasteiger partial charge in [0.2, 0.25) is 6.79 Å². The van der Waals surface area contributed by atoms with Gasteiger partial charge < -0.3 is 63.6 Å². The minimum Gasteiger partial charge on any atom is -0.497 e. The summed E-state index contributed by atoms with van der Waals surface area (Å²) in [6, 6.07) is 48.4. The van der Waals surface area contributed by atoms with E-state index >= 15 is 0 Å². The van der Waals surface area contributed by atoms with Crippen molar-refractivity contribution in [2.75, 3.05) is 167 Å². The van der Waals surface area contributed by atoms with Crippen LogP contribution in [-0.2, 0) is 0 Å². The van der Waals surface area contributed by atoms with E-state index in [1.807, 2.05) is 146 Å². The molecule has 0 atom stereocenters. The van der Waals surface area contributed by atoms with Crippen molar-refractivity contribution in [3.05, 3.63) is 224 Å². The summed E-state index contributed by atoms with van der Waals surface area (Å²) in [6.07, 6.45) is 9.88.